The molecule has 17 heavy (non-hydrogen) atoms. The number of carboxylic acid groups (broad SMARTS) is 1. The molecule has 1 rings (SSSR count). The van der Waals surface area contributed by atoms with Crippen molar-refractivity contribution in [2.75, 3.05) is 0 Å². The van der Waals surface area contributed by atoms with Gasteiger partial charge in [-0.1, -0.05) is 37.6 Å². The fourth-order valence-corrected chi connectivity index (χ4v) is 2.16. The largest absolute Gasteiger partial charge is 0.481 e. The molecule has 1 aromatic carbocycles. The minimum absolute atomic E-state index is 0.379. The van der Waals surface area contributed by atoms with E-state index in [1.54, 1.807) is 13.8 Å². The summed E-state index contributed by atoms with van der Waals surface area (Å²) in [6.07, 6.45) is 0.487. The van der Waals surface area contributed by atoms with Crippen molar-refractivity contribution in [1.82, 2.24) is 0 Å². The minimum atomic E-state index is -0.790. The van der Waals surface area contributed by atoms with Gasteiger partial charge in [0.25, 0.3) is 0 Å². The average molecular weight is 255 g/mol. The second kappa shape index (κ2) is 5.09. The molecule has 0 unspecified atom stereocenters. The Morgan fingerprint density at radius 1 is 1.41 bits per heavy atom. The van der Waals surface area contributed by atoms with Crippen molar-refractivity contribution in [2.24, 2.45) is 5.41 Å². The van der Waals surface area contributed by atoms with E-state index < -0.39 is 11.4 Å². The normalized spacial score (nSPS) is 11.9. The third-order valence-corrected chi connectivity index (χ3v) is 3.24. The molecule has 0 aromatic heterocycles. The van der Waals surface area contributed by atoms with E-state index in [0.717, 1.165) is 16.1 Å². The van der Waals surface area contributed by atoms with E-state index in [1.165, 1.54) is 0 Å². The Balaban J connectivity index is 2.96. The van der Waals surface area contributed by atoms with E-state index in [4.69, 9.17) is 16.7 Å². The summed E-state index contributed by atoms with van der Waals surface area (Å²) in [7, 11) is 0. The zero-order valence-corrected chi connectivity index (χ0v) is 11.5. The summed E-state index contributed by atoms with van der Waals surface area (Å²) in [6.45, 7) is 7.61. The Bertz CT molecular complexity index is 422. The van der Waals surface area contributed by atoms with Crippen molar-refractivity contribution in [1.29, 1.82) is 0 Å². The van der Waals surface area contributed by atoms with Gasteiger partial charge in [-0.05, 0) is 43.4 Å². The number of hydrogen-bond acceptors (Lipinski definition) is 1. The van der Waals surface area contributed by atoms with Crippen LogP contribution in [0.1, 0.15) is 44.7 Å². The van der Waals surface area contributed by atoms with E-state index in [2.05, 4.69) is 13.8 Å². The molecule has 0 heterocycles. The fourth-order valence-electron chi connectivity index (χ4n) is 1.73. The van der Waals surface area contributed by atoms with Gasteiger partial charge in [0, 0.05) is 5.02 Å². The lowest BCUT2D eigenvalue weighted by molar-refractivity contribution is -0.146. The first kappa shape index (κ1) is 14.0. The van der Waals surface area contributed by atoms with Gasteiger partial charge < -0.3 is 5.11 Å². The zero-order chi connectivity index (χ0) is 13.2. The Hall–Kier alpha value is -1.02. The molecule has 0 bridgehead atoms. The molecule has 3 heteroatoms. The highest BCUT2D eigenvalue weighted by atomic mass is 35.5. The van der Waals surface area contributed by atoms with Gasteiger partial charge in [0.1, 0.15) is 0 Å². The first-order valence-electron chi connectivity index (χ1n) is 5.76. The summed E-state index contributed by atoms with van der Waals surface area (Å²) in [6, 6.07) is 5.83. The van der Waals surface area contributed by atoms with Crippen LogP contribution in [0.25, 0.3) is 0 Å². The molecule has 1 aromatic rings. The van der Waals surface area contributed by atoms with Crippen LogP contribution in [-0.2, 0) is 11.2 Å². The number of halogens is 1. The predicted molar refractivity (Wildman–Crippen MR) is 70.7 cm³/mol. The van der Waals surface area contributed by atoms with E-state index in [9.17, 15) is 4.79 Å². The van der Waals surface area contributed by atoms with Crippen molar-refractivity contribution in [3.63, 3.8) is 0 Å². The van der Waals surface area contributed by atoms with Gasteiger partial charge in [-0.2, -0.15) is 0 Å². The van der Waals surface area contributed by atoms with E-state index in [-0.39, 0.29) is 0 Å². The summed E-state index contributed by atoms with van der Waals surface area (Å²) in [5, 5.41) is 9.80. The lowest BCUT2D eigenvalue weighted by Gasteiger charge is -2.19. The highest BCUT2D eigenvalue weighted by Crippen LogP contribution is 2.28. The van der Waals surface area contributed by atoms with Crippen molar-refractivity contribution in [3.8, 4) is 0 Å². The lowest BCUT2D eigenvalue weighted by Crippen LogP contribution is -2.26. The second-order valence-corrected chi connectivity index (χ2v) is 5.78. The molecule has 0 aliphatic rings. The molecule has 94 valence electrons. The predicted octanol–water partition coefficient (Wildman–Crippen LogP) is 4.12. The van der Waals surface area contributed by atoms with Gasteiger partial charge in [0.15, 0.2) is 0 Å². The van der Waals surface area contributed by atoms with Crippen molar-refractivity contribution in [2.45, 2.75) is 40.0 Å². The van der Waals surface area contributed by atoms with Crippen LogP contribution in [0.15, 0.2) is 18.2 Å². The maximum atomic E-state index is 11.1. The van der Waals surface area contributed by atoms with Crippen LogP contribution < -0.4 is 0 Å². The van der Waals surface area contributed by atoms with Gasteiger partial charge >= 0.3 is 5.97 Å². The molecule has 0 saturated carbocycles. The maximum absolute atomic E-state index is 11.1. The van der Waals surface area contributed by atoms with Crippen molar-refractivity contribution >= 4 is 17.6 Å². The van der Waals surface area contributed by atoms with Gasteiger partial charge in [0.05, 0.1) is 5.41 Å². The molecule has 1 N–H and O–H groups in total. The van der Waals surface area contributed by atoms with Gasteiger partial charge in [-0.3, -0.25) is 4.79 Å². The monoisotopic (exact) mass is 254 g/mol. The molecule has 0 fully saturated rings. The van der Waals surface area contributed by atoms with E-state index in [1.807, 2.05) is 18.2 Å². The summed E-state index contributed by atoms with van der Waals surface area (Å²) in [4.78, 5) is 11.1. The Kier molecular flexibility index (Phi) is 4.21. The van der Waals surface area contributed by atoms with E-state index in [0.29, 0.717) is 12.3 Å². The highest BCUT2D eigenvalue weighted by Gasteiger charge is 2.27. The van der Waals surface area contributed by atoms with Gasteiger partial charge in [0.2, 0.25) is 0 Å². The zero-order valence-electron chi connectivity index (χ0n) is 10.7. The van der Waals surface area contributed by atoms with Crippen molar-refractivity contribution < 1.29 is 9.90 Å². The molecule has 0 spiro atoms. The minimum Gasteiger partial charge on any atom is -0.481 e. The molecule has 0 saturated heterocycles. The van der Waals surface area contributed by atoms with Crippen LogP contribution in [-0.4, -0.2) is 11.1 Å². The molecule has 2 nitrogen and oxygen atoms in total. The Morgan fingerprint density at radius 2 is 2.00 bits per heavy atom. The SMILES string of the molecule is CC(C)c1ccc(CC(C)(C)C(=O)O)cc1Cl. The Morgan fingerprint density at radius 3 is 2.41 bits per heavy atom. The highest BCUT2D eigenvalue weighted by molar-refractivity contribution is 6.31. The summed E-state index contributed by atoms with van der Waals surface area (Å²) >= 11 is 6.19. The van der Waals surface area contributed by atoms with Crippen LogP contribution >= 0.6 is 11.6 Å². The molecule has 0 aliphatic carbocycles. The van der Waals surface area contributed by atoms with Gasteiger partial charge in [-0.15, -0.1) is 0 Å². The third-order valence-electron chi connectivity index (χ3n) is 2.91. The number of aliphatic carboxylic acids is 1. The van der Waals surface area contributed by atoms with E-state index >= 15 is 0 Å². The second-order valence-electron chi connectivity index (χ2n) is 5.38. The molecule has 0 aliphatic heterocycles. The topological polar surface area (TPSA) is 37.3 Å². The number of hydrogen-bond donors (Lipinski definition) is 1. The summed E-state index contributed by atoms with van der Waals surface area (Å²) < 4.78 is 0. The van der Waals surface area contributed by atoms with Crippen LogP contribution in [0.5, 0.6) is 0 Å². The van der Waals surface area contributed by atoms with Crippen LogP contribution in [0.3, 0.4) is 0 Å². The maximum Gasteiger partial charge on any atom is 0.309 e. The quantitative estimate of drug-likeness (QED) is 0.878. The Labute approximate surface area is 108 Å². The average Bonchev–Trinajstić information content (AvgIpc) is 2.15. The molecular weight excluding hydrogens is 236 g/mol. The molecular formula is C14H19ClO2. The molecule has 0 atom stereocenters. The lowest BCUT2D eigenvalue weighted by atomic mass is 9.85. The van der Waals surface area contributed by atoms with Crippen LogP contribution in [0.2, 0.25) is 5.02 Å². The first-order valence-corrected chi connectivity index (χ1v) is 6.13. The fraction of sp³-hybridized carbons (Fsp3) is 0.500. The standard InChI is InChI=1S/C14H19ClO2/c1-9(2)11-6-5-10(7-12(11)15)8-14(3,4)13(16)17/h5-7,9H,8H2,1-4H3,(H,16,17). The van der Waals surface area contributed by atoms with Crippen molar-refractivity contribution in [3.05, 3.63) is 34.3 Å². The third kappa shape index (κ3) is 3.47. The number of benzene rings is 1. The first-order chi connectivity index (χ1) is 7.74. The summed E-state index contributed by atoms with van der Waals surface area (Å²) in [5.74, 6) is -0.411. The summed E-state index contributed by atoms with van der Waals surface area (Å²) in [5.41, 5.74) is 1.30. The number of carbonyl (C=O) groups is 1. The number of rotatable bonds is 4. The smallest absolute Gasteiger partial charge is 0.309 e. The molecule has 0 amide bonds. The van der Waals surface area contributed by atoms with Crippen LogP contribution in [0, 0.1) is 5.41 Å². The molecule has 0 radical (unpaired) electrons. The number of carboxylic acids is 1. The van der Waals surface area contributed by atoms with Crippen LogP contribution in [0.4, 0.5) is 0 Å². The van der Waals surface area contributed by atoms with Gasteiger partial charge in [-0.25, -0.2) is 0 Å².